The Kier molecular flexibility index (Phi) is 4.72. The molecule has 1 N–H and O–H groups in total. The Hall–Kier alpha value is -1.99. The Morgan fingerprint density at radius 2 is 1.96 bits per heavy atom. The second-order valence-electron chi connectivity index (χ2n) is 7.02. The maximum Gasteiger partial charge on any atom is 0.311 e. The molecular weight excluding hydrogens is 310 g/mol. The van der Waals surface area contributed by atoms with E-state index in [1.807, 2.05) is 24.3 Å². The van der Waals surface area contributed by atoms with Crippen molar-refractivity contribution in [2.75, 3.05) is 12.0 Å². The Labute approximate surface area is 137 Å². The van der Waals surface area contributed by atoms with E-state index in [1.54, 1.807) is 0 Å². The summed E-state index contributed by atoms with van der Waals surface area (Å²) < 4.78 is 6.07. The van der Waals surface area contributed by atoms with Crippen molar-refractivity contribution in [3.8, 4) is 0 Å². The third-order valence-corrected chi connectivity index (χ3v) is 8.92. The summed E-state index contributed by atoms with van der Waals surface area (Å²) in [5, 5.41) is 15.2. The summed E-state index contributed by atoms with van der Waals surface area (Å²) in [7, 11) is -1.92. The van der Waals surface area contributed by atoms with Gasteiger partial charge in [-0.05, 0) is 24.2 Å². The largest absolute Gasteiger partial charge is 0.400 e. The summed E-state index contributed by atoms with van der Waals surface area (Å²) in [6, 6.07) is 7.35. The highest BCUT2D eigenvalue weighted by Gasteiger charge is 2.37. The van der Waals surface area contributed by atoms with Crippen LogP contribution in [0.3, 0.4) is 0 Å². The topological polar surface area (TPSA) is 77.3 Å². The molecule has 23 heavy (non-hydrogen) atoms. The van der Waals surface area contributed by atoms with Crippen molar-refractivity contribution in [3.63, 3.8) is 0 Å². The maximum atomic E-state index is 11.3. The van der Waals surface area contributed by atoms with Gasteiger partial charge >= 0.3 is 5.69 Å². The number of nitrogens with one attached hydrogen (secondary N) is 1. The monoisotopic (exact) mass is 333 g/mol. The van der Waals surface area contributed by atoms with Crippen molar-refractivity contribution in [2.45, 2.75) is 38.9 Å². The fourth-order valence-electron chi connectivity index (χ4n) is 1.96. The normalized spacial score (nSPS) is 12.4. The Bertz CT molecular complexity index is 726. The van der Waals surface area contributed by atoms with Crippen molar-refractivity contribution in [1.29, 1.82) is 0 Å². The number of aromatic nitrogens is 1. The minimum absolute atomic E-state index is 0.0393. The SMILES string of the molecule is CC(C)(C)[Si](C)(C)OCNc1c([N+](=O)[O-])cnc2ccccc12. The van der Waals surface area contributed by atoms with Gasteiger partial charge in [-0.2, -0.15) is 0 Å². The predicted octanol–water partition coefficient (Wildman–Crippen LogP) is 4.53. The molecule has 1 heterocycles. The van der Waals surface area contributed by atoms with Gasteiger partial charge in [0.25, 0.3) is 0 Å². The van der Waals surface area contributed by atoms with Gasteiger partial charge in [-0.15, -0.1) is 0 Å². The molecule has 2 rings (SSSR count). The van der Waals surface area contributed by atoms with Crippen molar-refractivity contribution in [1.82, 2.24) is 4.98 Å². The van der Waals surface area contributed by atoms with E-state index in [0.717, 1.165) is 5.39 Å². The zero-order valence-electron chi connectivity index (χ0n) is 14.2. The number of anilines is 1. The zero-order valence-corrected chi connectivity index (χ0v) is 15.2. The zero-order chi connectivity index (χ0) is 17.3. The lowest BCUT2D eigenvalue weighted by Crippen LogP contribution is -2.42. The van der Waals surface area contributed by atoms with E-state index >= 15 is 0 Å². The number of rotatable bonds is 5. The van der Waals surface area contributed by atoms with E-state index < -0.39 is 13.2 Å². The Morgan fingerprint density at radius 3 is 2.57 bits per heavy atom. The van der Waals surface area contributed by atoms with Gasteiger partial charge in [-0.3, -0.25) is 10.1 Å². The van der Waals surface area contributed by atoms with E-state index in [9.17, 15) is 10.1 Å². The second kappa shape index (κ2) is 6.25. The number of pyridine rings is 1. The first-order valence-corrected chi connectivity index (χ1v) is 10.4. The van der Waals surface area contributed by atoms with E-state index in [2.05, 4.69) is 44.2 Å². The summed E-state index contributed by atoms with van der Waals surface area (Å²) >= 11 is 0. The number of hydrogen-bond acceptors (Lipinski definition) is 5. The Morgan fingerprint density at radius 1 is 1.30 bits per heavy atom. The highest BCUT2D eigenvalue weighted by atomic mass is 28.4. The molecule has 124 valence electrons. The molecule has 0 aliphatic rings. The molecule has 0 aliphatic carbocycles. The van der Waals surface area contributed by atoms with Crippen LogP contribution in [0.2, 0.25) is 18.1 Å². The van der Waals surface area contributed by atoms with Crippen LogP contribution < -0.4 is 5.32 Å². The average molecular weight is 333 g/mol. The van der Waals surface area contributed by atoms with Gasteiger partial charge in [0.05, 0.1) is 10.4 Å². The molecule has 0 saturated carbocycles. The molecule has 0 unspecified atom stereocenters. The highest BCUT2D eigenvalue weighted by molar-refractivity contribution is 6.74. The molecule has 0 amide bonds. The summed E-state index contributed by atoms with van der Waals surface area (Å²) in [5.74, 6) is 0. The van der Waals surface area contributed by atoms with Gasteiger partial charge in [0, 0.05) is 5.39 Å². The van der Waals surface area contributed by atoms with Crippen LogP contribution >= 0.6 is 0 Å². The standard InChI is InChI=1S/C16H23N3O3Si/c1-16(2,3)23(4,5)22-11-18-15-12-8-6-7-9-13(12)17-10-14(15)19(20)21/h6-10H,11H2,1-5H3,(H,17,18). The van der Waals surface area contributed by atoms with Gasteiger partial charge in [0.15, 0.2) is 8.32 Å². The first-order valence-electron chi connectivity index (χ1n) is 7.53. The number of nitrogens with zero attached hydrogens (tertiary/aromatic N) is 2. The lowest BCUT2D eigenvalue weighted by Gasteiger charge is -2.36. The van der Waals surface area contributed by atoms with Crippen molar-refractivity contribution >= 4 is 30.6 Å². The predicted molar refractivity (Wildman–Crippen MR) is 95.2 cm³/mol. The molecule has 0 atom stereocenters. The van der Waals surface area contributed by atoms with Gasteiger partial charge in [0.1, 0.15) is 18.6 Å². The average Bonchev–Trinajstić information content (AvgIpc) is 2.45. The lowest BCUT2D eigenvalue weighted by atomic mass is 10.1. The van der Waals surface area contributed by atoms with Crippen LogP contribution in [0.15, 0.2) is 30.5 Å². The number of para-hydroxylation sites is 1. The lowest BCUT2D eigenvalue weighted by molar-refractivity contribution is -0.384. The number of benzene rings is 1. The molecule has 0 aliphatic heterocycles. The Balaban J connectivity index is 2.29. The van der Waals surface area contributed by atoms with Gasteiger partial charge in [-0.1, -0.05) is 39.0 Å². The maximum absolute atomic E-state index is 11.3. The molecule has 0 fully saturated rings. The van der Waals surface area contributed by atoms with Crippen molar-refractivity contribution < 1.29 is 9.35 Å². The van der Waals surface area contributed by atoms with Gasteiger partial charge < -0.3 is 9.74 Å². The molecule has 0 spiro atoms. The molecule has 0 saturated heterocycles. The van der Waals surface area contributed by atoms with Crippen LogP contribution in [0, 0.1) is 10.1 Å². The fourth-order valence-corrected chi connectivity index (χ4v) is 2.83. The summed E-state index contributed by atoms with van der Waals surface area (Å²) in [4.78, 5) is 15.0. The minimum Gasteiger partial charge on any atom is -0.400 e. The molecule has 2 aromatic rings. The van der Waals surface area contributed by atoms with Gasteiger partial charge in [-0.25, -0.2) is 4.98 Å². The summed E-state index contributed by atoms with van der Waals surface area (Å²) in [5.41, 5.74) is 1.13. The second-order valence-corrected chi connectivity index (χ2v) is 11.8. The smallest absolute Gasteiger partial charge is 0.311 e. The van der Waals surface area contributed by atoms with E-state index in [1.165, 1.54) is 6.20 Å². The van der Waals surface area contributed by atoms with Crippen LogP contribution in [0.25, 0.3) is 10.9 Å². The van der Waals surface area contributed by atoms with Crippen LogP contribution in [0.1, 0.15) is 20.8 Å². The minimum atomic E-state index is -1.92. The number of fused-ring (bicyclic) bond motifs is 1. The molecule has 7 heteroatoms. The molecule has 0 radical (unpaired) electrons. The molecule has 6 nitrogen and oxygen atoms in total. The van der Waals surface area contributed by atoms with E-state index in [4.69, 9.17) is 4.43 Å². The quantitative estimate of drug-likeness (QED) is 0.376. The first-order chi connectivity index (χ1) is 10.6. The third-order valence-electron chi connectivity index (χ3n) is 4.44. The van der Waals surface area contributed by atoms with Crippen LogP contribution in [0.5, 0.6) is 0 Å². The number of nitro groups is 1. The van der Waals surface area contributed by atoms with Crippen LogP contribution in [-0.4, -0.2) is 25.0 Å². The van der Waals surface area contributed by atoms with Crippen molar-refractivity contribution in [2.24, 2.45) is 0 Å². The van der Waals surface area contributed by atoms with Crippen molar-refractivity contribution in [3.05, 3.63) is 40.6 Å². The third kappa shape index (κ3) is 3.68. The number of hydrogen-bond donors (Lipinski definition) is 1. The van der Waals surface area contributed by atoms with Crippen LogP contribution in [0.4, 0.5) is 11.4 Å². The summed E-state index contributed by atoms with van der Waals surface area (Å²) in [6.07, 6.45) is 1.29. The van der Waals surface area contributed by atoms with Crippen LogP contribution in [-0.2, 0) is 4.43 Å². The van der Waals surface area contributed by atoms with E-state index in [-0.39, 0.29) is 17.5 Å². The van der Waals surface area contributed by atoms with E-state index in [0.29, 0.717) is 11.2 Å². The molecular formula is C16H23N3O3Si. The van der Waals surface area contributed by atoms with Gasteiger partial charge in [0.2, 0.25) is 0 Å². The first kappa shape index (κ1) is 17.4. The molecule has 0 bridgehead atoms. The fraction of sp³-hybridized carbons (Fsp3) is 0.438. The summed E-state index contributed by atoms with van der Waals surface area (Å²) in [6.45, 7) is 11.0. The molecule has 1 aromatic heterocycles. The highest BCUT2D eigenvalue weighted by Crippen LogP contribution is 2.37. The molecule has 1 aromatic carbocycles.